The van der Waals surface area contributed by atoms with Crippen molar-refractivity contribution in [2.24, 2.45) is 7.05 Å². The summed E-state index contributed by atoms with van der Waals surface area (Å²) >= 11 is 3.44. The first-order chi connectivity index (χ1) is 14.9. The van der Waals surface area contributed by atoms with Crippen molar-refractivity contribution in [3.05, 3.63) is 70.5 Å². The quantitative estimate of drug-likeness (QED) is 0.424. The monoisotopic (exact) mass is 481 g/mol. The summed E-state index contributed by atoms with van der Waals surface area (Å²) in [7, 11) is 1.81. The molecule has 9 nitrogen and oxygen atoms in total. The van der Waals surface area contributed by atoms with Crippen molar-refractivity contribution < 1.29 is 9.21 Å². The molecule has 4 rings (SSSR count). The van der Waals surface area contributed by atoms with Gasteiger partial charge < -0.3 is 15.1 Å². The molecule has 0 radical (unpaired) electrons. The molecule has 10 heteroatoms. The summed E-state index contributed by atoms with van der Waals surface area (Å²) in [4.78, 5) is 25.8. The first-order valence-corrected chi connectivity index (χ1v) is 10.3. The number of benzene rings is 1. The summed E-state index contributed by atoms with van der Waals surface area (Å²) in [5.41, 5.74) is 2.79. The average Bonchev–Trinajstić information content (AvgIpc) is 3.39. The van der Waals surface area contributed by atoms with Crippen molar-refractivity contribution in [2.45, 2.75) is 19.9 Å². The van der Waals surface area contributed by atoms with Crippen molar-refractivity contribution in [2.75, 3.05) is 5.32 Å². The molecule has 1 atom stereocenters. The number of anilines is 2. The molecule has 0 aliphatic carbocycles. The van der Waals surface area contributed by atoms with Gasteiger partial charge in [0, 0.05) is 23.8 Å². The molecule has 1 aromatic carbocycles. The van der Waals surface area contributed by atoms with Crippen molar-refractivity contribution in [3.8, 4) is 11.4 Å². The number of aryl methyl sites for hydroxylation is 2. The van der Waals surface area contributed by atoms with Crippen LogP contribution in [0, 0.1) is 6.92 Å². The number of nitrogens with one attached hydrogen (secondary N) is 2. The van der Waals surface area contributed by atoms with Gasteiger partial charge in [0.25, 0.3) is 5.89 Å². The molecule has 1 amide bonds. The fourth-order valence-corrected chi connectivity index (χ4v) is 3.39. The smallest absolute Gasteiger partial charge is 0.307 e. The van der Waals surface area contributed by atoms with Crippen molar-refractivity contribution in [1.29, 1.82) is 0 Å². The van der Waals surface area contributed by atoms with Crippen molar-refractivity contribution >= 4 is 33.6 Å². The van der Waals surface area contributed by atoms with Gasteiger partial charge >= 0.3 is 5.91 Å². The number of carbonyl (C=O) groups excluding carboxylic acids is 1. The Hall–Kier alpha value is -3.53. The Morgan fingerprint density at radius 3 is 2.84 bits per heavy atom. The third kappa shape index (κ3) is 4.64. The second-order valence-corrected chi connectivity index (χ2v) is 7.89. The van der Waals surface area contributed by atoms with Gasteiger partial charge in [0.2, 0.25) is 5.95 Å². The van der Waals surface area contributed by atoms with Gasteiger partial charge in [-0.3, -0.25) is 9.48 Å². The molecule has 0 unspecified atom stereocenters. The first kappa shape index (κ1) is 20.7. The standard InChI is InChI=1S/C21H20BrN7O2/c1-12-10-23-21(27-17-7-8-24-29(17)3)28-18(12)16-11-31-20(26-16)19(30)25-13(2)14-5-4-6-15(22)9-14/h4-11,13H,1-3H3,(H,25,30)(H,23,27,28)/t13-/m0/s1. The van der Waals surface area contributed by atoms with Gasteiger partial charge in [0.05, 0.1) is 12.2 Å². The average molecular weight is 482 g/mol. The van der Waals surface area contributed by atoms with Gasteiger partial charge in [-0.15, -0.1) is 0 Å². The number of hydrogen-bond acceptors (Lipinski definition) is 7. The maximum Gasteiger partial charge on any atom is 0.307 e. The van der Waals surface area contributed by atoms with Crippen LogP contribution in [0.4, 0.5) is 11.8 Å². The third-order valence-electron chi connectivity index (χ3n) is 4.67. The second-order valence-electron chi connectivity index (χ2n) is 6.98. The lowest BCUT2D eigenvalue weighted by Gasteiger charge is -2.13. The number of halogens is 1. The van der Waals surface area contributed by atoms with Crippen molar-refractivity contribution in [3.63, 3.8) is 0 Å². The summed E-state index contributed by atoms with van der Waals surface area (Å²) in [5.74, 6) is 0.702. The van der Waals surface area contributed by atoms with Gasteiger partial charge in [-0.25, -0.2) is 15.0 Å². The Labute approximate surface area is 187 Å². The minimum Gasteiger partial charge on any atom is -0.440 e. The topological polar surface area (TPSA) is 111 Å². The molecule has 3 heterocycles. The van der Waals surface area contributed by atoms with E-state index in [0.717, 1.165) is 21.4 Å². The fourth-order valence-electron chi connectivity index (χ4n) is 2.98. The van der Waals surface area contributed by atoms with Gasteiger partial charge in [0.15, 0.2) is 0 Å². The molecule has 2 N–H and O–H groups in total. The molecule has 0 fully saturated rings. The van der Waals surface area contributed by atoms with Crippen LogP contribution in [0.3, 0.4) is 0 Å². The highest BCUT2D eigenvalue weighted by atomic mass is 79.9. The van der Waals surface area contributed by atoms with E-state index in [1.54, 1.807) is 17.1 Å². The van der Waals surface area contributed by atoms with Crippen LogP contribution in [0.2, 0.25) is 0 Å². The molecule has 158 valence electrons. The molecular weight excluding hydrogens is 462 g/mol. The largest absolute Gasteiger partial charge is 0.440 e. The normalized spacial score (nSPS) is 11.9. The van der Waals surface area contributed by atoms with Crippen LogP contribution < -0.4 is 10.6 Å². The number of rotatable bonds is 6. The molecule has 3 aromatic heterocycles. The maximum absolute atomic E-state index is 12.6. The first-order valence-electron chi connectivity index (χ1n) is 9.51. The van der Waals surface area contributed by atoms with E-state index in [2.05, 4.69) is 46.6 Å². The van der Waals surface area contributed by atoms with E-state index in [9.17, 15) is 4.79 Å². The van der Waals surface area contributed by atoms with E-state index >= 15 is 0 Å². The van der Waals surface area contributed by atoms with Crippen molar-refractivity contribution in [1.82, 2.24) is 30.0 Å². The number of nitrogens with zero attached hydrogens (tertiary/aromatic N) is 5. The summed E-state index contributed by atoms with van der Waals surface area (Å²) in [5, 5.41) is 10.1. The Bertz CT molecular complexity index is 1230. The highest BCUT2D eigenvalue weighted by Crippen LogP contribution is 2.23. The number of oxazole rings is 1. The summed E-state index contributed by atoms with van der Waals surface area (Å²) in [6, 6.07) is 9.34. The Morgan fingerprint density at radius 2 is 2.10 bits per heavy atom. The molecule has 0 aliphatic heterocycles. The highest BCUT2D eigenvalue weighted by molar-refractivity contribution is 9.10. The minimum atomic E-state index is -0.404. The molecule has 0 bridgehead atoms. The predicted octanol–water partition coefficient (Wildman–Crippen LogP) is 4.17. The Balaban J connectivity index is 1.52. The van der Waals surface area contributed by atoms with Gasteiger partial charge in [-0.1, -0.05) is 28.1 Å². The van der Waals surface area contributed by atoms with Crippen LogP contribution in [0.15, 0.2) is 57.9 Å². The van der Waals surface area contributed by atoms with Gasteiger partial charge in [-0.05, 0) is 37.1 Å². The highest BCUT2D eigenvalue weighted by Gasteiger charge is 2.19. The number of hydrogen-bond donors (Lipinski definition) is 2. The van der Waals surface area contributed by atoms with Gasteiger partial charge in [-0.2, -0.15) is 5.10 Å². The third-order valence-corrected chi connectivity index (χ3v) is 5.16. The molecular formula is C21H20BrN7O2. The minimum absolute atomic E-state index is 0.0315. The van der Waals surface area contributed by atoms with Crippen LogP contribution in [0.1, 0.15) is 34.8 Å². The molecule has 31 heavy (non-hydrogen) atoms. The Kier molecular flexibility index (Phi) is 5.81. The second kappa shape index (κ2) is 8.68. The number of aromatic nitrogens is 5. The van der Waals surface area contributed by atoms with Crippen LogP contribution in [0.25, 0.3) is 11.4 Å². The summed E-state index contributed by atoms with van der Waals surface area (Å²) in [6.07, 6.45) is 4.78. The van der Waals surface area contributed by atoms with Crippen LogP contribution in [0.5, 0.6) is 0 Å². The molecule has 0 saturated carbocycles. The maximum atomic E-state index is 12.6. The van der Waals surface area contributed by atoms with E-state index in [0.29, 0.717) is 17.3 Å². The van der Waals surface area contributed by atoms with Crippen LogP contribution in [-0.4, -0.2) is 30.6 Å². The fraction of sp³-hybridized carbons (Fsp3) is 0.190. The van der Waals surface area contributed by atoms with E-state index in [4.69, 9.17) is 4.42 Å². The summed E-state index contributed by atoms with van der Waals surface area (Å²) in [6.45, 7) is 3.77. The van der Waals surface area contributed by atoms with Gasteiger partial charge in [0.1, 0.15) is 23.5 Å². The molecule has 4 aromatic rings. The molecule has 0 aliphatic rings. The lowest BCUT2D eigenvalue weighted by molar-refractivity contribution is 0.0905. The summed E-state index contributed by atoms with van der Waals surface area (Å²) < 4.78 is 8.05. The van der Waals surface area contributed by atoms with Crippen LogP contribution >= 0.6 is 15.9 Å². The van der Waals surface area contributed by atoms with E-state index in [1.165, 1.54) is 6.26 Å². The SMILES string of the molecule is Cc1cnc(Nc2ccnn2C)nc1-c1coc(C(=O)N[C@@H](C)c2cccc(Br)c2)n1. The molecule has 0 spiro atoms. The lowest BCUT2D eigenvalue weighted by Crippen LogP contribution is -2.26. The van der Waals surface area contributed by atoms with E-state index < -0.39 is 5.91 Å². The lowest BCUT2D eigenvalue weighted by atomic mass is 10.1. The number of amides is 1. The predicted molar refractivity (Wildman–Crippen MR) is 119 cm³/mol. The van der Waals surface area contributed by atoms with E-state index in [1.807, 2.05) is 51.2 Å². The zero-order valence-corrected chi connectivity index (χ0v) is 18.7. The van der Waals surface area contributed by atoms with Crippen LogP contribution in [-0.2, 0) is 7.05 Å². The zero-order chi connectivity index (χ0) is 22.0. The van der Waals surface area contributed by atoms with E-state index in [-0.39, 0.29) is 11.9 Å². The molecule has 0 saturated heterocycles. The zero-order valence-electron chi connectivity index (χ0n) is 17.1. The number of carbonyl (C=O) groups is 1. The Morgan fingerprint density at radius 1 is 1.26 bits per heavy atom.